The lowest BCUT2D eigenvalue weighted by molar-refractivity contribution is -0.109. The summed E-state index contributed by atoms with van der Waals surface area (Å²) in [6.45, 7) is 4.60. The number of halogens is 1. The maximum absolute atomic E-state index is 14.3. The minimum absolute atomic E-state index is 0.113. The summed E-state index contributed by atoms with van der Waals surface area (Å²) in [6, 6.07) is 20.4. The van der Waals surface area contributed by atoms with Gasteiger partial charge < -0.3 is 19.0 Å². The maximum atomic E-state index is 14.3. The highest BCUT2D eigenvalue weighted by Gasteiger charge is 2.56. The second-order valence-electron chi connectivity index (χ2n) is 7.70. The molecule has 1 heterocycles. The number of fused-ring (bicyclic) bond motifs is 1. The van der Waals surface area contributed by atoms with Gasteiger partial charge in [0.15, 0.2) is 0 Å². The summed E-state index contributed by atoms with van der Waals surface area (Å²) in [7, 11) is 0. The predicted molar refractivity (Wildman–Crippen MR) is 129 cm³/mol. The SMILES string of the molecule is CCOc1cc(OCC)c2c(c1)O[C@@](c1ccc(Br)cc1)(C(CC=O)c1ccccc1)C2=O. The van der Waals surface area contributed by atoms with E-state index in [1.54, 1.807) is 12.1 Å². The molecule has 0 aromatic heterocycles. The summed E-state index contributed by atoms with van der Waals surface area (Å²) in [5.74, 6) is 0.597. The Morgan fingerprint density at radius 1 is 1.00 bits per heavy atom. The van der Waals surface area contributed by atoms with Crippen LogP contribution in [-0.2, 0) is 10.4 Å². The van der Waals surface area contributed by atoms with Crippen molar-refractivity contribution >= 4 is 28.0 Å². The number of carbonyl (C=O) groups excluding carboxylic acids is 2. The minimum Gasteiger partial charge on any atom is -0.494 e. The van der Waals surface area contributed by atoms with Crippen LogP contribution in [0, 0.1) is 0 Å². The molecule has 0 saturated heterocycles. The number of ether oxygens (including phenoxy) is 3. The summed E-state index contributed by atoms with van der Waals surface area (Å²) in [5, 5.41) is 0. The maximum Gasteiger partial charge on any atom is 0.219 e. The molecule has 0 aliphatic carbocycles. The Labute approximate surface area is 201 Å². The Kier molecular flexibility index (Phi) is 6.84. The van der Waals surface area contributed by atoms with Gasteiger partial charge in [0.2, 0.25) is 11.4 Å². The van der Waals surface area contributed by atoms with E-state index < -0.39 is 11.5 Å². The Morgan fingerprint density at radius 3 is 2.33 bits per heavy atom. The molecule has 0 radical (unpaired) electrons. The molecule has 3 aromatic rings. The smallest absolute Gasteiger partial charge is 0.219 e. The fraction of sp³-hybridized carbons (Fsp3) is 0.259. The van der Waals surface area contributed by atoms with E-state index in [2.05, 4.69) is 15.9 Å². The number of hydrogen-bond acceptors (Lipinski definition) is 5. The van der Waals surface area contributed by atoms with Gasteiger partial charge in [0.1, 0.15) is 29.1 Å². The Bertz CT molecular complexity index is 1140. The fourth-order valence-electron chi connectivity index (χ4n) is 4.43. The molecular weight excluding hydrogens is 484 g/mol. The molecule has 0 N–H and O–H groups in total. The van der Waals surface area contributed by atoms with Gasteiger partial charge in [-0.2, -0.15) is 0 Å². The lowest BCUT2D eigenvalue weighted by Crippen LogP contribution is -2.43. The second kappa shape index (κ2) is 9.79. The molecule has 170 valence electrons. The largest absolute Gasteiger partial charge is 0.494 e. The van der Waals surface area contributed by atoms with Crippen molar-refractivity contribution in [2.24, 2.45) is 0 Å². The summed E-state index contributed by atoms with van der Waals surface area (Å²) in [6.07, 6.45) is 0.953. The van der Waals surface area contributed by atoms with E-state index in [1.165, 1.54) is 0 Å². The van der Waals surface area contributed by atoms with Crippen LogP contribution in [0.2, 0.25) is 0 Å². The molecule has 0 fully saturated rings. The first-order chi connectivity index (χ1) is 16.0. The molecule has 33 heavy (non-hydrogen) atoms. The Hall–Kier alpha value is -3.12. The quantitative estimate of drug-likeness (QED) is 0.327. The molecule has 0 saturated carbocycles. The van der Waals surface area contributed by atoms with Crippen molar-refractivity contribution in [1.82, 2.24) is 0 Å². The summed E-state index contributed by atoms with van der Waals surface area (Å²) in [4.78, 5) is 26.1. The highest BCUT2D eigenvalue weighted by Crippen LogP contribution is 2.54. The lowest BCUT2D eigenvalue weighted by Gasteiger charge is -2.35. The molecule has 1 aliphatic heterocycles. The molecule has 0 spiro atoms. The molecule has 3 aromatic carbocycles. The second-order valence-corrected chi connectivity index (χ2v) is 8.62. The number of Topliss-reactive ketones (excluding diaryl/α,β-unsaturated/α-hetero) is 1. The molecular formula is C27H25BrO5. The van der Waals surface area contributed by atoms with Gasteiger partial charge >= 0.3 is 0 Å². The van der Waals surface area contributed by atoms with Gasteiger partial charge in [-0.05, 0) is 31.5 Å². The normalized spacial score (nSPS) is 17.7. The molecule has 0 bridgehead atoms. The third-order valence-electron chi connectivity index (χ3n) is 5.78. The number of benzene rings is 3. The van der Waals surface area contributed by atoms with Crippen molar-refractivity contribution in [3.05, 3.63) is 87.9 Å². The molecule has 6 heteroatoms. The van der Waals surface area contributed by atoms with Crippen LogP contribution in [0.15, 0.2) is 71.2 Å². The molecule has 0 amide bonds. The Balaban J connectivity index is 1.97. The summed E-state index contributed by atoms with van der Waals surface area (Å²) in [5.41, 5.74) is 0.455. The number of carbonyl (C=O) groups is 2. The predicted octanol–water partition coefficient (Wildman–Crippen LogP) is 6.09. The first-order valence-corrected chi connectivity index (χ1v) is 11.8. The molecule has 2 atom stereocenters. The number of aldehydes is 1. The third-order valence-corrected chi connectivity index (χ3v) is 6.31. The van der Waals surface area contributed by atoms with E-state index in [0.717, 1.165) is 16.3 Å². The first-order valence-electron chi connectivity index (χ1n) is 11.0. The lowest BCUT2D eigenvalue weighted by atomic mass is 9.72. The van der Waals surface area contributed by atoms with Gasteiger partial charge in [-0.1, -0.05) is 58.4 Å². The zero-order valence-corrected chi connectivity index (χ0v) is 20.1. The fourth-order valence-corrected chi connectivity index (χ4v) is 4.70. The van der Waals surface area contributed by atoms with Crippen molar-refractivity contribution in [2.45, 2.75) is 31.8 Å². The van der Waals surface area contributed by atoms with Crippen molar-refractivity contribution in [3.8, 4) is 17.2 Å². The van der Waals surface area contributed by atoms with Crippen molar-refractivity contribution in [1.29, 1.82) is 0 Å². The van der Waals surface area contributed by atoms with Crippen molar-refractivity contribution in [3.63, 3.8) is 0 Å². The van der Waals surface area contributed by atoms with Crippen LogP contribution in [-0.4, -0.2) is 25.3 Å². The third kappa shape index (κ3) is 4.15. The minimum atomic E-state index is -1.43. The van der Waals surface area contributed by atoms with E-state index in [9.17, 15) is 9.59 Å². The van der Waals surface area contributed by atoms with Crippen LogP contribution >= 0.6 is 15.9 Å². The van der Waals surface area contributed by atoms with E-state index in [-0.39, 0.29) is 12.2 Å². The molecule has 1 aliphatic rings. The average molecular weight is 509 g/mol. The molecule has 4 rings (SSSR count). The van der Waals surface area contributed by atoms with Crippen LogP contribution in [0.4, 0.5) is 0 Å². The summed E-state index contributed by atoms with van der Waals surface area (Å²) >= 11 is 3.47. The monoisotopic (exact) mass is 508 g/mol. The molecule has 1 unspecified atom stereocenters. The highest BCUT2D eigenvalue weighted by atomic mass is 79.9. The zero-order valence-electron chi connectivity index (χ0n) is 18.5. The number of hydrogen-bond donors (Lipinski definition) is 0. The van der Waals surface area contributed by atoms with Crippen LogP contribution in [0.5, 0.6) is 17.2 Å². The topological polar surface area (TPSA) is 61.8 Å². The first kappa shape index (κ1) is 23.1. The van der Waals surface area contributed by atoms with E-state index >= 15 is 0 Å². The van der Waals surface area contributed by atoms with E-state index in [4.69, 9.17) is 14.2 Å². The van der Waals surface area contributed by atoms with Crippen molar-refractivity contribution in [2.75, 3.05) is 13.2 Å². The standard InChI is InChI=1S/C27H25BrO5/c1-3-31-21-16-23(32-4-2)25-24(17-21)33-27(26(25)30,19-10-12-20(28)13-11-19)22(14-15-29)18-8-6-5-7-9-18/h5-13,15-17,22H,3-4,14H2,1-2H3/t22?,27-/m0/s1. The van der Waals surface area contributed by atoms with Crippen LogP contribution in [0.25, 0.3) is 0 Å². The zero-order chi connectivity index (χ0) is 23.4. The van der Waals surface area contributed by atoms with Gasteiger partial charge in [-0.25, -0.2) is 0 Å². The summed E-state index contributed by atoms with van der Waals surface area (Å²) < 4.78 is 19.0. The van der Waals surface area contributed by atoms with E-state index in [1.807, 2.05) is 68.4 Å². The van der Waals surface area contributed by atoms with Gasteiger partial charge in [-0.3, -0.25) is 4.79 Å². The van der Waals surface area contributed by atoms with Gasteiger partial charge in [0.25, 0.3) is 0 Å². The van der Waals surface area contributed by atoms with E-state index in [0.29, 0.717) is 41.6 Å². The number of rotatable bonds is 9. The highest BCUT2D eigenvalue weighted by molar-refractivity contribution is 9.10. The van der Waals surface area contributed by atoms with Gasteiger partial charge in [-0.15, -0.1) is 0 Å². The number of ketones is 1. The van der Waals surface area contributed by atoms with Crippen molar-refractivity contribution < 1.29 is 23.8 Å². The Morgan fingerprint density at radius 2 is 1.70 bits per heavy atom. The van der Waals surface area contributed by atoms with Gasteiger partial charge in [0.05, 0.1) is 13.2 Å². The van der Waals surface area contributed by atoms with Crippen LogP contribution in [0.3, 0.4) is 0 Å². The van der Waals surface area contributed by atoms with Crippen LogP contribution < -0.4 is 14.2 Å². The van der Waals surface area contributed by atoms with Crippen LogP contribution in [0.1, 0.15) is 47.7 Å². The van der Waals surface area contributed by atoms with Gasteiger partial charge in [0, 0.05) is 34.5 Å². The molecule has 5 nitrogen and oxygen atoms in total. The average Bonchev–Trinajstić information content (AvgIpc) is 3.12.